The number of nitrogens with zero attached hydrogens (tertiary/aromatic N) is 1. The normalized spacial score (nSPS) is 15.9. The number of furan rings is 2. The highest BCUT2D eigenvalue weighted by molar-refractivity contribution is 6.16. The quantitative estimate of drug-likeness (QED) is 0.395. The molecule has 172 valence electrons. The zero-order chi connectivity index (χ0) is 23.8. The van der Waals surface area contributed by atoms with Crippen LogP contribution in [0, 0.1) is 0 Å². The van der Waals surface area contributed by atoms with E-state index in [1.807, 2.05) is 12.1 Å². The average molecular weight is 459 g/mol. The molecule has 2 aromatic heterocycles. The second-order valence-corrected chi connectivity index (χ2v) is 7.78. The molecule has 0 aliphatic carbocycles. The van der Waals surface area contributed by atoms with Crippen LogP contribution in [-0.4, -0.2) is 35.9 Å². The van der Waals surface area contributed by atoms with E-state index in [2.05, 4.69) is 0 Å². The molecule has 1 aliphatic rings. The van der Waals surface area contributed by atoms with Gasteiger partial charge in [0, 0.05) is 11.9 Å². The number of ketones is 1. The predicted octanol–water partition coefficient (Wildman–Crippen LogP) is 4.82. The van der Waals surface area contributed by atoms with Gasteiger partial charge in [0.25, 0.3) is 5.91 Å². The number of hydrogen-bond donors (Lipinski definition) is 1. The number of para-hydroxylation sites is 1. The summed E-state index contributed by atoms with van der Waals surface area (Å²) in [5.41, 5.74) is 1.09. The first-order chi connectivity index (χ1) is 16.5. The first-order valence-electron chi connectivity index (χ1n) is 10.5. The van der Waals surface area contributed by atoms with E-state index < -0.39 is 23.5 Å². The monoisotopic (exact) mass is 459 g/mol. The topological polar surface area (TPSA) is 102 Å². The lowest BCUT2D eigenvalue weighted by Crippen LogP contribution is -2.30. The number of rotatable bonds is 7. The Kier molecular flexibility index (Phi) is 5.33. The Hall–Kier alpha value is -4.46. The van der Waals surface area contributed by atoms with E-state index in [0.29, 0.717) is 28.2 Å². The van der Waals surface area contributed by atoms with Crippen molar-refractivity contribution in [1.29, 1.82) is 0 Å². The van der Waals surface area contributed by atoms with Crippen LogP contribution in [0.2, 0.25) is 0 Å². The molecule has 0 radical (unpaired) electrons. The molecule has 5 rings (SSSR count). The van der Waals surface area contributed by atoms with Crippen molar-refractivity contribution in [3.63, 3.8) is 0 Å². The summed E-state index contributed by atoms with van der Waals surface area (Å²) in [4.78, 5) is 28.1. The number of carbonyl (C=O) groups excluding carboxylic acids is 2. The fourth-order valence-corrected chi connectivity index (χ4v) is 4.16. The van der Waals surface area contributed by atoms with Crippen LogP contribution in [0.15, 0.2) is 87.1 Å². The third kappa shape index (κ3) is 3.49. The molecule has 0 saturated carbocycles. The maximum Gasteiger partial charge on any atom is 0.290 e. The van der Waals surface area contributed by atoms with Crippen molar-refractivity contribution >= 4 is 22.7 Å². The highest BCUT2D eigenvalue weighted by atomic mass is 16.5. The summed E-state index contributed by atoms with van der Waals surface area (Å²) < 4.78 is 21.9. The van der Waals surface area contributed by atoms with Crippen LogP contribution in [0.5, 0.6) is 11.5 Å². The van der Waals surface area contributed by atoms with E-state index in [0.717, 1.165) is 5.56 Å². The van der Waals surface area contributed by atoms with Crippen molar-refractivity contribution in [2.45, 2.75) is 12.6 Å². The number of aliphatic hydroxyl groups excluding tert-OH is 1. The number of carbonyl (C=O) groups is 2. The smallest absolute Gasteiger partial charge is 0.290 e. The maximum atomic E-state index is 13.6. The lowest BCUT2D eigenvalue weighted by atomic mass is 9.99. The fraction of sp³-hybridized carbons (Fsp3) is 0.154. The number of methoxy groups -OCH3 is 2. The number of Topliss-reactive ketones (excluding diaryl/α,β-unsaturated/α-hetero) is 1. The molecule has 2 aromatic carbocycles. The number of ether oxygens (including phenoxy) is 2. The number of amides is 1. The highest BCUT2D eigenvalue weighted by Crippen LogP contribution is 2.41. The Bertz CT molecular complexity index is 1400. The van der Waals surface area contributed by atoms with Crippen molar-refractivity contribution < 1.29 is 33.0 Å². The van der Waals surface area contributed by atoms with Crippen molar-refractivity contribution in [2.24, 2.45) is 0 Å². The molecule has 1 atom stereocenters. The van der Waals surface area contributed by atoms with Gasteiger partial charge in [0.05, 0.1) is 26.1 Å². The van der Waals surface area contributed by atoms with E-state index in [1.54, 1.807) is 55.6 Å². The van der Waals surface area contributed by atoms with Crippen molar-refractivity contribution in [3.8, 4) is 11.5 Å². The van der Waals surface area contributed by atoms with Crippen LogP contribution in [0.1, 0.15) is 27.9 Å². The van der Waals surface area contributed by atoms with Gasteiger partial charge < -0.3 is 28.3 Å². The largest absolute Gasteiger partial charge is 0.503 e. The Labute approximate surface area is 194 Å². The van der Waals surface area contributed by atoms with Crippen molar-refractivity contribution in [2.75, 3.05) is 14.2 Å². The number of hydrogen-bond acceptors (Lipinski definition) is 7. The summed E-state index contributed by atoms with van der Waals surface area (Å²) in [6, 6.07) is 16.4. The molecule has 1 aliphatic heterocycles. The van der Waals surface area contributed by atoms with Gasteiger partial charge in [-0.2, -0.15) is 0 Å². The number of fused-ring (bicyclic) bond motifs is 1. The lowest BCUT2D eigenvalue weighted by Gasteiger charge is -2.24. The van der Waals surface area contributed by atoms with Crippen LogP contribution in [0.3, 0.4) is 0 Å². The van der Waals surface area contributed by atoms with Crippen LogP contribution in [0.4, 0.5) is 0 Å². The second-order valence-electron chi connectivity index (χ2n) is 7.78. The van der Waals surface area contributed by atoms with Gasteiger partial charge in [-0.15, -0.1) is 0 Å². The van der Waals surface area contributed by atoms with Gasteiger partial charge in [0.15, 0.2) is 22.9 Å². The zero-order valence-electron chi connectivity index (χ0n) is 18.5. The van der Waals surface area contributed by atoms with Gasteiger partial charge in [-0.05, 0) is 42.0 Å². The first-order valence-corrected chi connectivity index (χ1v) is 10.5. The Morgan fingerprint density at radius 2 is 1.85 bits per heavy atom. The molecular formula is C26H21NO7. The third-order valence-electron chi connectivity index (χ3n) is 5.82. The molecule has 8 nitrogen and oxygen atoms in total. The van der Waals surface area contributed by atoms with Crippen LogP contribution < -0.4 is 9.47 Å². The molecule has 1 amide bonds. The summed E-state index contributed by atoms with van der Waals surface area (Å²) >= 11 is 0. The first kappa shape index (κ1) is 21.4. The van der Waals surface area contributed by atoms with Gasteiger partial charge >= 0.3 is 0 Å². The molecule has 3 heterocycles. The van der Waals surface area contributed by atoms with E-state index >= 15 is 0 Å². The molecule has 0 fully saturated rings. The number of aliphatic hydroxyl groups is 1. The molecule has 0 bridgehead atoms. The summed E-state index contributed by atoms with van der Waals surface area (Å²) in [6.07, 6.45) is 1.45. The minimum Gasteiger partial charge on any atom is -0.503 e. The molecule has 0 saturated heterocycles. The Morgan fingerprint density at radius 3 is 2.53 bits per heavy atom. The van der Waals surface area contributed by atoms with E-state index in [-0.39, 0.29) is 17.9 Å². The Balaban J connectivity index is 1.55. The fourth-order valence-electron chi connectivity index (χ4n) is 4.16. The van der Waals surface area contributed by atoms with Crippen LogP contribution in [-0.2, 0) is 11.3 Å². The third-order valence-corrected chi connectivity index (χ3v) is 5.82. The van der Waals surface area contributed by atoms with Gasteiger partial charge in [0.2, 0.25) is 5.78 Å². The molecule has 1 unspecified atom stereocenters. The van der Waals surface area contributed by atoms with E-state index in [1.165, 1.54) is 18.3 Å². The molecule has 0 spiro atoms. The predicted molar refractivity (Wildman–Crippen MR) is 122 cm³/mol. The van der Waals surface area contributed by atoms with Crippen LogP contribution in [0.25, 0.3) is 11.0 Å². The summed E-state index contributed by atoms with van der Waals surface area (Å²) in [6.45, 7) is 0.142. The molecule has 4 aromatic rings. The zero-order valence-corrected chi connectivity index (χ0v) is 18.5. The molecule has 8 heteroatoms. The second kappa shape index (κ2) is 8.47. The highest BCUT2D eigenvalue weighted by Gasteiger charge is 2.46. The summed E-state index contributed by atoms with van der Waals surface area (Å²) in [5, 5.41) is 11.5. The van der Waals surface area contributed by atoms with E-state index in [9.17, 15) is 14.7 Å². The standard InChI is InChI=1S/C26H21NO7/c1-31-17-10-8-15(9-11-17)14-27-22(18-7-4-12-33-18)21(24(29)26(27)30)23(28)20-13-16-5-3-6-19(32-2)25(16)34-20/h3-13,22,29H,14H2,1-2H3. The molecule has 1 N–H and O–H groups in total. The Morgan fingerprint density at radius 1 is 1.06 bits per heavy atom. The van der Waals surface area contributed by atoms with Gasteiger partial charge in [-0.3, -0.25) is 9.59 Å². The van der Waals surface area contributed by atoms with Crippen LogP contribution >= 0.6 is 0 Å². The van der Waals surface area contributed by atoms with E-state index in [4.69, 9.17) is 18.3 Å². The summed E-state index contributed by atoms with van der Waals surface area (Å²) in [5.74, 6) is -0.429. The SMILES string of the molecule is COc1ccc(CN2C(=O)C(O)=C(C(=O)c3cc4cccc(OC)c4o3)C2c2ccco2)cc1. The van der Waals surface area contributed by atoms with Gasteiger partial charge in [-0.25, -0.2) is 0 Å². The maximum absolute atomic E-state index is 13.6. The van der Waals surface area contributed by atoms with Gasteiger partial charge in [0.1, 0.15) is 17.6 Å². The lowest BCUT2D eigenvalue weighted by molar-refractivity contribution is -0.130. The van der Waals surface area contributed by atoms with Crippen molar-refractivity contribution in [3.05, 3.63) is 95.3 Å². The molecular weight excluding hydrogens is 438 g/mol. The van der Waals surface area contributed by atoms with Gasteiger partial charge in [-0.1, -0.05) is 24.3 Å². The van der Waals surface area contributed by atoms with Crippen molar-refractivity contribution in [1.82, 2.24) is 4.90 Å². The number of benzene rings is 2. The average Bonchev–Trinajstić information content (AvgIpc) is 3.59. The minimum absolute atomic E-state index is 0.0169. The minimum atomic E-state index is -0.924. The molecule has 34 heavy (non-hydrogen) atoms. The summed E-state index contributed by atoms with van der Waals surface area (Å²) in [7, 11) is 3.08.